The van der Waals surface area contributed by atoms with E-state index < -0.39 is 0 Å². The Morgan fingerprint density at radius 2 is 1.96 bits per heavy atom. The molecule has 0 aliphatic heterocycles. The van der Waals surface area contributed by atoms with E-state index in [1.54, 1.807) is 0 Å². The SMILES string of the molecule is CCO[C@H]1C[C@H](N(C)Cc2nnc(C3CC3)n2C)C12CCCCC2. The highest BCUT2D eigenvalue weighted by molar-refractivity contribution is 5.11. The van der Waals surface area contributed by atoms with Gasteiger partial charge in [0.25, 0.3) is 0 Å². The molecule has 0 aromatic carbocycles. The number of ether oxygens (including phenoxy) is 1. The van der Waals surface area contributed by atoms with Crippen LogP contribution in [0.4, 0.5) is 0 Å². The van der Waals surface area contributed by atoms with E-state index in [0.717, 1.165) is 19.0 Å². The zero-order valence-corrected chi connectivity index (χ0v) is 15.5. The fourth-order valence-electron chi connectivity index (χ4n) is 5.19. The molecule has 3 fully saturated rings. The zero-order chi connectivity index (χ0) is 16.7. The Kier molecular flexibility index (Phi) is 4.42. The van der Waals surface area contributed by atoms with Crippen molar-refractivity contribution in [1.82, 2.24) is 19.7 Å². The van der Waals surface area contributed by atoms with Crippen molar-refractivity contribution in [2.45, 2.75) is 82.9 Å². The molecule has 0 radical (unpaired) electrons. The van der Waals surface area contributed by atoms with Gasteiger partial charge in [-0.2, -0.15) is 0 Å². The predicted octanol–water partition coefficient (Wildman–Crippen LogP) is 3.25. The van der Waals surface area contributed by atoms with E-state index >= 15 is 0 Å². The minimum Gasteiger partial charge on any atom is -0.378 e. The van der Waals surface area contributed by atoms with Crippen LogP contribution in [0.2, 0.25) is 0 Å². The molecule has 5 nitrogen and oxygen atoms in total. The molecule has 1 spiro atoms. The standard InChI is InChI=1S/C19H32N4O/c1-4-24-16-12-15(19(16)10-6-5-7-11-19)22(2)13-17-20-21-18(23(17)3)14-8-9-14/h14-16H,4-13H2,1-3H3/t15-,16-/m0/s1. The summed E-state index contributed by atoms with van der Waals surface area (Å²) in [6.07, 6.45) is 11.0. The number of hydrogen-bond acceptors (Lipinski definition) is 4. The molecule has 0 saturated heterocycles. The van der Waals surface area contributed by atoms with Crippen LogP contribution in [0.5, 0.6) is 0 Å². The molecule has 1 aromatic heterocycles. The Hall–Kier alpha value is -0.940. The van der Waals surface area contributed by atoms with Crippen LogP contribution in [0.3, 0.4) is 0 Å². The summed E-state index contributed by atoms with van der Waals surface area (Å²) in [4.78, 5) is 2.53. The summed E-state index contributed by atoms with van der Waals surface area (Å²) in [6.45, 7) is 3.88. The monoisotopic (exact) mass is 332 g/mol. The zero-order valence-electron chi connectivity index (χ0n) is 15.5. The first-order valence-corrected chi connectivity index (χ1v) is 9.85. The van der Waals surface area contributed by atoms with Crippen LogP contribution in [-0.4, -0.2) is 45.5 Å². The second-order valence-electron chi connectivity index (χ2n) is 8.21. The van der Waals surface area contributed by atoms with E-state index in [9.17, 15) is 0 Å². The molecule has 0 bridgehead atoms. The Morgan fingerprint density at radius 3 is 2.62 bits per heavy atom. The van der Waals surface area contributed by atoms with Crippen molar-refractivity contribution < 1.29 is 4.74 Å². The molecule has 134 valence electrons. The van der Waals surface area contributed by atoms with Crippen molar-refractivity contribution in [1.29, 1.82) is 0 Å². The van der Waals surface area contributed by atoms with Crippen molar-refractivity contribution in [3.63, 3.8) is 0 Å². The maximum Gasteiger partial charge on any atom is 0.146 e. The first-order chi connectivity index (χ1) is 11.7. The van der Waals surface area contributed by atoms with Crippen molar-refractivity contribution in [2.75, 3.05) is 13.7 Å². The number of rotatable bonds is 6. The molecule has 3 saturated carbocycles. The van der Waals surface area contributed by atoms with Crippen LogP contribution in [-0.2, 0) is 18.3 Å². The molecular weight excluding hydrogens is 300 g/mol. The van der Waals surface area contributed by atoms with Gasteiger partial charge < -0.3 is 9.30 Å². The van der Waals surface area contributed by atoms with E-state index in [1.165, 1.54) is 57.2 Å². The third kappa shape index (κ3) is 2.70. The largest absolute Gasteiger partial charge is 0.378 e. The minimum absolute atomic E-state index is 0.390. The fraction of sp³-hybridized carbons (Fsp3) is 0.895. The van der Waals surface area contributed by atoms with Gasteiger partial charge in [-0.05, 0) is 46.1 Å². The Morgan fingerprint density at radius 1 is 1.21 bits per heavy atom. The summed E-state index contributed by atoms with van der Waals surface area (Å²) in [7, 11) is 4.41. The van der Waals surface area contributed by atoms with Gasteiger partial charge in [0.05, 0.1) is 12.6 Å². The van der Waals surface area contributed by atoms with E-state index in [2.05, 4.69) is 40.7 Å². The van der Waals surface area contributed by atoms with Crippen molar-refractivity contribution >= 4 is 0 Å². The quantitative estimate of drug-likeness (QED) is 0.802. The average molecular weight is 332 g/mol. The molecular formula is C19H32N4O. The Labute approximate surface area is 145 Å². The van der Waals surface area contributed by atoms with E-state index in [-0.39, 0.29) is 0 Å². The topological polar surface area (TPSA) is 43.2 Å². The molecule has 0 amide bonds. The lowest BCUT2D eigenvalue weighted by Gasteiger charge is -2.60. The van der Waals surface area contributed by atoms with Crippen LogP contribution in [0.15, 0.2) is 0 Å². The summed E-state index contributed by atoms with van der Waals surface area (Å²) in [5, 5.41) is 8.93. The molecule has 0 unspecified atom stereocenters. The van der Waals surface area contributed by atoms with E-state index in [1.807, 2.05) is 0 Å². The van der Waals surface area contributed by atoms with Gasteiger partial charge in [0, 0.05) is 31.0 Å². The van der Waals surface area contributed by atoms with Crippen LogP contribution < -0.4 is 0 Å². The first kappa shape index (κ1) is 16.5. The summed E-state index contributed by atoms with van der Waals surface area (Å²) in [5.41, 5.74) is 0.390. The third-order valence-corrected chi connectivity index (χ3v) is 6.76. The van der Waals surface area contributed by atoms with Crippen LogP contribution in [0, 0.1) is 5.41 Å². The van der Waals surface area contributed by atoms with Gasteiger partial charge in [-0.15, -0.1) is 10.2 Å². The van der Waals surface area contributed by atoms with E-state index in [0.29, 0.717) is 23.5 Å². The second-order valence-corrected chi connectivity index (χ2v) is 8.21. The highest BCUT2D eigenvalue weighted by Gasteiger charge is 2.56. The lowest BCUT2D eigenvalue weighted by atomic mass is 9.54. The predicted molar refractivity (Wildman–Crippen MR) is 93.8 cm³/mol. The highest BCUT2D eigenvalue weighted by atomic mass is 16.5. The van der Waals surface area contributed by atoms with Crippen LogP contribution >= 0.6 is 0 Å². The van der Waals surface area contributed by atoms with Crippen molar-refractivity contribution in [3.05, 3.63) is 11.6 Å². The van der Waals surface area contributed by atoms with Crippen molar-refractivity contribution in [2.24, 2.45) is 12.5 Å². The van der Waals surface area contributed by atoms with Gasteiger partial charge >= 0.3 is 0 Å². The summed E-state index contributed by atoms with van der Waals surface area (Å²) >= 11 is 0. The van der Waals surface area contributed by atoms with E-state index in [4.69, 9.17) is 4.74 Å². The third-order valence-electron chi connectivity index (χ3n) is 6.76. The van der Waals surface area contributed by atoms with Gasteiger partial charge in [-0.25, -0.2) is 0 Å². The number of aromatic nitrogens is 3. The Balaban J connectivity index is 1.46. The van der Waals surface area contributed by atoms with Crippen molar-refractivity contribution in [3.8, 4) is 0 Å². The molecule has 24 heavy (non-hydrogen) atoms. The number of hydrogen-bond donors (Lipinski definition) is 0. The lowest BCUT2D eigenvalue weighted by Crippen LogP contribution is -2.64. The summed E-state index contributed by atoms with van der Waals surface area (Å²) in [6, 6.07) is 0.635. The van der Waals surface area contributed by atoms with Gasteiger partial charge in [0.2, 0.25) is 0 Å². The summed E-state index contributed by atoms with van der Waals surface area (Å²) < 4.78 is 8.35. The molecule has 3 aliphatic rings. The average Bonchev–Trinajstić information content (AvgIpc) is 3.37. The normalized spacial score (nSPS) is 29.2. The number of nitrogens with zero attached hydrogens (tertiary/aromatic N) is 4. The molecule has 5 heteroatoms. The fourth-order valence-corrected chi connectivity index (χ4v) is 5.19. The Bertz CT molecular complexity index is 574. The van der Waals surface area contributed by atoms with Gasteiger partial charge in [0.15, 0.2) is 0 Å². The van der Waals surface area contributed by atoms with Gasteiger partial charge in [0.1, 0.15) is 11.6 Å². The summed E-state index contributed by atoms with van der Waals surface area (Å²) in [5.74, 6) is 2.97. The second kappa shape index (κ2) is 6.41. The maximum absolute atomic E-state index is 6.11. The maximum atomic E-state index is 6.11. The molecule has 0 N–H and O–H groups in total. The smallest absolute Gasteiger partial charge is 0.146 e. The molecule has 1 heterocycles. The first-order valence-electron chi connectivity index (χ1n) is 9.85. The molecule has 3 aliphatic carbocycles. The van der Waals surface area contributed by atoms with Gasteiger partial charge in [-0.1, -0.05) is 19.3 Å². The lowest BCUT2D eigenvalue weighted by molar-refractivity contribution is -0.180. The minimum atomic E-state index is 0.390. The van der Waals surface area contributed by atoms with Crippen LogP contribution in [0.1, 0.15) is 75.9 Å². The molecule has 1 aromatic rings. The molecule has 2 atom stereocenters. The highest BCUT2D eigenvalue weighted by Crippen LogP contribution is 2.55. The van der Waals surface area contributed by atoms with Gasteiger partial charge in [-0.3, -0.25) is 4.90 Å². The molecule has 4 rings (SSSR count). The van der Waals surface area contributed by atoms with Crippen LogP contribution in [0.25, 0.3) is 0 Å².